The lowest BCUT2D eigenvalue weighted by Crippen LogP contribution is -2.26. The van der Waals surface area contributed by atoms with Gasteiger partial charge in [0.2, 0.25) is 0 Å². The molecule has 0 saturated carbocycles. The van der Waals surface area contributed by atoms with Crippen LogP contribution in [-0.2, 0) is 0 Å². The smallest absolute Gasteiger partial charge is 0.171 e. The van der Waals surface area contributed by atoms with Crippen LogP contribution in [0, 0.1) is 5.92 Å². The molecule has 4 heteroatoms. The van der Waals surface area contributed by atoms with E-state index in [9.17, 15) is 4.79 Å². The molecule has 0 spiro atoms. The van der Waals surface area contributed by atoms with Crippen molar-refractivity contribution in [3.8, 4) is 11.5 Å². The van der Waals surface area contributed by atoms with Crippen molar-refractivity contribution in [3.05, 3.63) is 17.7 Å². The molecular weight excluding hydrogens is 236 g/mol. The molecule has 1 aromatic carbocycles. The highest BCUT2D eigenvalue weighted by molar-refractivity contribution is 8.00. The number of ether oxygens (including phenoxy) is 2. The Balaban J connectivity index is 2.63. The number of rotatable bonds is 2. The lowest BCUT2D eigenvalue weighted by molar-refractivity contribution is 0.0919. The van der Waals surface area contributed by atoms with Crippen LogP contribution in [0.15, 0.2) is 17.0 Å². The lowest BCUT2D eigenvalue weighted by Gasteiger charge is -2.28. The third-order valence-electron chi connectivity index (χ3n) is 3.19. The number of thioether (sulfide) groups is 1. The summed E-state index contributed by atoms with van der Waals surface area (Å²) in [7, 11) is 3.21. The molecule has 0 N–H and O–H groups in total. The van der Waals surface area contributed by atoms with Crippen LogP contribution in [0.1, 0.15) is 24.2 Å². The van der Waals surface area contributed by atoms with E-state index in [-0.39, 0.29) is 17.0 Å². The first-order valence-corrected chi connectivity index (χ1v) is 6.44. The summed E-state index contributed by atoms with van der Waals surface area (Å²) >= 11 is 1.68. The molecule has 3 nitrogen and oxygen atoms in total. The van der Waals surface area contributed by atoms with Gasteiger partial charge in [-0.2, -0.15) is 0 Å². The van der Waals surface area contributed by atoms with Crippen molar-refractivity contribution in [3.63, 3.8) is 0 Å². The number of methoxy groups -OCH3 is 2. The van der Waals surface area contributed by atoms with E-state index in [0.29, 0.717) is 11.3 Å². The standard InChI is InChI=1S/C13H16O3S/c1-7-8(2)17-13-10(16-4)6-5-9(15-3)11(13)12(7)14/h5-8H,1-4H3. The first-order valence-electron chi connectivity index (χ1n) is 5.56. The molecule has 0 fully saturated rings. The molecule has 0 radical (unpaired) electrons. The fourth-order valence-electron chi connectivity index (χ4n) is 1.96. The normalized spacial score (nSPS) is 23.2. The molecule has 0 saturated heterocycles. The van der Waals surface area contributed by atoms with Crippen molar-refractivity contribution in [2.24, 2.45) is 5.92 Å². The van der Waals surface area contributed by atoms with Crippen molar-refractivity contribution in [1.29, 1.82) is 0 Å². The molecule has 2 atom stereocenters. The van der Waals surface area contributed by atoms with Gasteiger partial charge in [0.15, 0.2) is 5.78 Å². The topological polar surface area (TPSA) is 35.5 Å². The average Bonchev–Trinajstić information content (AvgIpc) is 2.34. The van der Waals surface area contributed by atoms with E-state index in [4.69, 9.17) is 9.47 Å². The number of ketones is 1. The van der Waals surface area contributed by atoms with E-state index in [2.05, 4.69) is 6.92 Å². The molecule has 17 heavy (non-hydrogen) atoms. The number of carbonyl (C=O) groups excluding carboxylic acids is 1. The van der Waals surface area contributed by atoms with Gasteiger partial charge in [-0.25, -0.2) is 0 Å². The zero-order valence-corrected chi connectivity index (χ0v) is 11.3. The predicted octanol–water partition coefficient (Wildman–Crippen LogP) is 3.02. The maximum atomic E-state index is 12.3. The Morgan fingerprint density at radius 3 is 2.29 bits per heavy atom. The van der Waals surface area contributed by atoms with E-state index >= 15 is 0 Å². The molecule has 92 valence electrons. The van der Waals surface area contributed by atoms with E-state index in [0.717, 1.165) is 10.6 Å². The van der Waals surface area contributed by atoms with E-state index in [1.165, 1.54) is 0 Å². The van der Waals surface area contributed by atoms with Crippen LogP contribution < -0.4 is 9.47 Å². The number of carbonyl (C=O) groups is 1. The highest BCUT2D eigenvalue weighted by atomic mass is 32.2. The van der Waals surface area contributed by atoms with Crippen LogP contribution >= 0.6 is 11.8 Å². The number of benzene rings is 1. The predicted molar refractivity (Wildman–Crippen MR) is 68.4 cm³/mol. The van der Waals surface area contributed by atoms with Crippen LogP contribution in [0.3, 0.4) is 0 Å². The van der Waals surface area contributed by atoms with Gasteiger partial charge in [-0.1, -0.05) is 13.8 Å². The summed E-state index contributed by atoms with van der Waals surface area (Å²) in [4.78, 5) is 13.2. The Hall–Kier alpha value is -1.16. The van der Waals surface area contributed by atoms with Gasteiger partial charge < -0.3 is 9.47 Å². The first-order chi connectivity index (χ1) is 8.10. The number of hydrogen-bond donors (Lipinski definition) is 0. The molecule has 0 amide bonds. The summed E-state index contributed by atoms with van der Waals surface area (Å²) in [6.45, 7) is 4.02. The van der Waals surface area contributed by atoms with Gasteiger partial charge in [-0.3, -0.25) is 4.79 Å². The van der Waals surface area contributed by atoms with Gasteiger partial charge in [0, 0.05) is 11.2 Å². The minimum Gasteiger partial charge on any atom is -0.496 e. The van der Waals surface area contributed by atoms with Crippen molar-refractivity contribution < 1.29 is 14.3 Å². The monoisotopic (exact) mass is 252 g/mol. The van der Waals surface area contributed by atoms with Crippen LogP contribution in [0.4, 0.5) is 0 Å². The summed E-state index contributed by atoms with van der Waals surface area (Å²) in [6.07, 6.45) is 0. The Kier molecular flexibility index (Phi) is 3.33. The van der Waals surface area contributed by atoms with Crippen molar-refractivity contribution >= 4 is 17.5 Å². The number of hydrogen-bond acceptors (Lipinski definition) is 4. The maximum absolute atomic E-state index is 12.3. The third kappa shape index (κ3) is 1.90. The van der Waals surface area contributed by atoms with E-state index in [1.807, 2.05) is 13.0 Å². The summed E-state index contributed by atoms with van der Waals surface area (Å²) in [6, 6.07) is 3.64. The van der Waals surface area contributed by atoms with Crippen LogP contribution in [0.5, 0.6) is 11.5 Å². The Labute approximate surface area is 105 Å². The minimum absolute atomic E-state index is 0.00788. The first kappa shape index (κ1) is 12.3. The Morgan fingerprint density at radius 1 is 1.12 bits per heavy atom. The van der Waals surface area contributed by atoms with E-state index in [1.54, 1.807) is 32.0 Å². The average molecular weight is 252 g/mol. The fourth-order valence-corrected chi connectivity index (χ4v) is 3.24. The Bertz CT molecular complexity index is 456. The highest BCUT2D eigenvalue weighted by Crippen LogP contribution is 2.46. The molecular formula is C13H16O3S. The molecule has 0 aliphatic carbocycles. The second kappa shape index (κ2) is 4.61. The fraction of sp³-hybridized carbons (Fsp3) is 0.462. The summed E-state index contributed by atoms with van der Waals surface area (Å²) in [5.41, 5.74) is 0.669. The molecule has 1 aromatic rings. The van der Waals surface area contributed by atoms with Crippen LogP contribution in [0.25, 0.3) is 0 Å². The molecule has 1 aliphatic heterocycles. The third-order valence-corrected chi connectivity index (χ3v) is 4.61. The molecule has 1 aliphatic rings. The summed E-state index contributed by atoms with van der Waals surface area (Å²) < 4.78 is 10.6. The summed E-state index contributed by atoms with van der Waals surface area (Å²) in [5.74, 6) is 1.53. The van der Waals surface area contributed by atoms with Gasteiger partial charge >= 0.3 is 0 Å². The molecule has 1 heterocycles. The van der Waals surface area contributed by atoms with Gasteiger partial charge in [0.1, 0.15) is 11.5 Å². The highest BCUT2D eigenvalue weighted by Gasteiger charge is 2.34. The van der Waals surface area contributed by atoms with Crippen LogP contribution in [0.2, 0.25) is 0 Å². The molecule has 2 rings (SSSR count). The molecule has 0 aromatic heterocycles. The van der Waals surface area contributed by atoms with Gasteiger partial charge in [0.05, 0.1) is 24.7 Å². The van der Waals surface area contributed by atoms with Gasteiger partial charge in [0.25, 0.3) is 0 Å². The van der Waals surface area contributed by atoms with Crippen molar-refractivity contribution in [2.45, 2.75) is 24.0 Å². The number of Topliss-reactive ketones (excluding diaryl/α,β-unsaturated/α-hetero) is 1. The SMILES string of the molecule is COc1ccc(OC)c2c1SC(C)C(C)C2=O. The second-order valence-corrected chi connectivity index (χ2v) is 5.54. The van der Waals surface area contributed by atoms with Crippen molar-refractivity contribution in [2.75, 3.05) is 14.2 Å². The quantitative estimate of drug-likeness (QED) is 0.810. The van der Waals surface area contributed by atoms with Crippen molar-refractivity contribution in [1.82, 2.24) is 0 Å². The Morgan fingerprint density at radius 2 is 1.71 bits per heavy atom. The zero-order chi connectivity index (χ0) is 12.6. The number of fused-ring (bicyclic) bond motifs is 1. The van der Waals surface area contributed by atoms with Crippen LogP contribution in [-0.4, -0.2) is 25.3 Å². The van der Waals surface area contributed by atoms with E-state index < -0.39 is 0 Å². The lowest BCUT2D eigenvalue weighted by atomic mass is 9.95. The molecule has 2 unspecified atom stereocenters. The second-order valence-electron chi connectivity index (χ2n) is 4.15. The largest absolute Gasteiger partial charge is 0.496 e. The van der Waals surface area contributed by atoms with Gasteiger partial charge in [-0.15, -0.1) is 11.8 Å². The minimum atomic E-state index is 0.00788. The summed E-state index contributed by atoms with van der Waals surface area (Å²) in [5, 5.41) is 0.260. The van der Waals surface area contributed by atoms with Gasteiger partial charge in [-0.05, 0) is 12.1 Å². The zero-order valence-electron chi connectivity index (χ0n) is 10.4. The molecule has 0 bridgehead atoms. The maximum Gasteiger partial charge on any atom is 0.171 e.